The van der Waals surface area contributed by atoms with E-state index in [1.165, 1.54) is 64.3 Å². The maximum atomic E-state index is 6.41. The topological polar surface area (TPSA) is 29.3 Å². The van der Waals surface area contributed by atoms with Crippen LogP contribution in [0.2, 0.25) is 0 Å². The molecule has 2 nitrogen and oxygen atoms in total. The number of likely N-dealkylation sites (N-methyl/N-ethyl adjacent to an activating group) is 1. The Labute approximate surface area is 126 Å². The molecule has 2 N–H and O–H groups in total. The Morgan fingerprint density at radius 1 is 1.05 bits per heavy atom. The van der Waals surface area contributed by atoms with Gasteiger partial charge in [-0.25, -0.2) is 0 Å². The molecular formula is C18H36N2. The van der Waals surface area contributed by atoms with Crippen LogP contribution in [0, 0.1) is 11.8 Å². The van der Waals surface area contributed by atoms with Crippen LogP contribution in [0.1, 0.15) is 78.6 Å². The highest BCUT2D eigenvalue weighted by atomic mass is 15.2. The number of hydrogen-bond donors (Lipinski definition) is 1. The molecule has 0 radical (unpaired) electrons. The smallest absolute Gasteiger partial charge is 0.0365 e. The molecule has 2 aliphatic carbocycles. The molecule has 0 aromatic heterocycles. The van der Waals surface area contributed by atoms with Crippen LogP contribution in [0.5, 0.6) is 0 Å². The summed E-state index contributed by atoms with van der Waals surface area (Å²) in [6.45, 7) is 9.23. The Balaban J connectivity index is 2.24. The van der Waals surface area contributed by atoms with Gasteiger partial charge >= 0.3 is 0 Å². The van der Waals surface area contributed by atoms with Crippen LogP contribution in [-0.2, 0) is 0 Å². The van der Waals surface area contributed by atoms with E-state index in [2.05, 4.69) is 25.7 Å². The predicted molar refractivity (Wildman–Crippen MR) is 87.8 cm³/mol. The molecular weight excluding hydrogens is 244 g/mol. The molecule has 2 aliphatic rings. The predicted octanol–water partition coefficient (Wildman–Crippen LogP) is 4.18. The summed E-state index contributed by atoms with van der Waals surface area (Å²) in [5.41, 5.74) is 6.70. The van der Waals surface area contributed by atoms with Gasteiger partial charge < -0.3 is 5.73 Å². The normalized spacial score (nSPS) is 33.0. The minimum atomic E-state index is 0.295. The van der Waals surface area contributed by atoms with Gasteiger partial charge in [-0.05, 0) is 44.1 Å². The Bertz CT molecular complexity index is 283. The highest BCUT2D eigenvalue weighted by Gasteiger charge is 2.46. The van der Waals surface area contributed by atoms with Gasteiger partial charge in [0.1, 0.15) is 0 Å². The molecule has 0 aromatic rings. The number of nitrogens with zero attached hydrogens (tertiary/aromatic N) is 1. The minimum absolute atomic E-state index is 0.295. The molecule has 0 aliphatic heterocycles. The molecule has 2 heteroatoms. The van der Waals surface area contributed by atoms with Crippen molar-refractivity contribution in [2.24, 2.45) is 17.6 Å². The average Bonchev–Trinajstić information content (AvgIpc) is 2.49. The van der Waals surface area contributed by atoms with E-state index in [4.69, 9.17) is 5.73 Å². The summed E-state index contributed by atoms with van der Waals surface area (Å²) >= 11 is 0. The van der Waals surface area contributed by atoms with Crippen molar-refractivity contribution in [2.75, 3.05) is 13.1 Å². The highest BCUT2D eigenvalue weighted by Crippen LogP contribution is 2.44. The van der Waals surface area contributed by atoms with Crippen LogP contribution in [0.25, 0.3) is 0 Å². The Morgan fingerprint density at radius 3 is 2.25 bits per heavy atom. The van der Waals surface area contributed by atoms with Gasteiger partial charge in [0, 0.05) is 18.1 Å². The van der Waals surface area contributed by atoms with Crippen LogP contribution in [-0.4, -0.2) is 29.6 Å². The van der Waals surface area contributed by atoms with Crippen molar-refractivity contribution in [1.29, 1.82) is 0 Å². The maximum Gasteiger partial charge on any atom is 0.0365 e. The van der Waals surface area contributed by atoms with Gasteiger partial charge in [-0.2, -0.15) is 0 Å². The van der Waals surface area contributed by atoms with E-state index in [0.717, 1.165) is 24.4 Å². The SMILES string of the molecule is CCN(C1CCCCC1)C1(CN)CCCCC1C(C)C. The lowest BCUT2D eigenvalue weighted by Crippen LogP contribution is -2.64. The fourth-order valence-electron chi connectivity index (χ4n) is 5.26. The molecule has 2 rings (SSSR count). The molecule has 2 atom stereocenters. The van der Waals surface area contributed by atoms with Crippen molar-refractivity contribution in [3.8, 4) is 0 Å². The highest BCUT2D eigenvalue weighted by molar-refractivity contribution is 5.02. The summed E-state index contributed by atoms with van der Waals surface area (Å²) in [5.74, 6) is 1.56. The molecule has 20 heavy (non-hydrogen) atoms. The van der Waals surface area contributed by atoms with Gasteiger partial charge in [0.05, 0.1) is 0 Å². The maximum absolute atomic E-state index is 6.41. The molecule has 0 heterocycles. The van der Waals surface area contributed by atoms with Crippen LogP contribution in [0.15, 0.2) is 0 Å². The van der Waals surface area contributed by atoms with Crippen molar-refractivity contribution in [3.05, 3.63) is 0 Å². The second-order valence-electron chi connectivity index (χ2n) is 7.48. The summed E-state index contributed by atoms with van der Waals surface area (Å²) in [5, 5.41) is 0. The quantitative estimate of drug-likeness (QED) is 0.818. The second-order valence-corrected chi connectivity index (χ2v) is 7.48. The van der Waals surface area contributed by atoms with Gasteiger partial charge in [0.2, 0.25) is 0 Å². The average molecular weight is 280 g/mol. The molecule has 118 valence electrons. The zero-order chi connectivity index (χ0) is 14.6. The molecule has 0 aromatic carbocycles. The largest absolute Gasteiger partial charge is 0.329 e. The van der Waals surface area contributed by atoms with E-state index >= 15 is 0 Å². The first-order valence-corrected chi connectivity index (χ1v) is 9.12. The van der Waals surface area contributed by atoms with E-state index in [1.54, 1.807) is 0 Å². The zero-order valence-corrected chi connectivity index (χ0v) is 14.0. The van der Waals surface area contributed by atoms with E-state index in [1.807, 2.05) is 0 Å². The summed E-state index contributed by atoms with van der Waals surface area (Å²) in [7, 11) is 0. The van der Waals surface area contributed by atoms with Gasteiger partial charge in [-0.3, -0.25) is 4.90 Å². The van der Waals surface area contributed by atoms with E-state index < -0.39 is 0 Å². The van der Waals surface area contributed by atoms with Crippen molar-refractivity contribution >= 4 is 0 Å². The van der Waals surface area contributed by atoms with Crippen LogP contribution in [0.4, 0.5) is 0 Å². The lowest BCUT2D eigenvalue weighted by molar-refractivity contribution is -0.0461. The number of hydrogen-bond acceptors (Lipinski definition) is 2. The van der Waals surface area contributed by atoms with Crippen LogP contribution >= 0.6 is 0 Å². The monoisotopic (exact) mass is 280 g/mol. The standard InChI is InChI=1S/C18H36N2/c1-4-20(16-10-6-5-7-11-16)18(14-19)13-9-8-12-17(18)15(2)3/h15-17H,4-14,19H2,1-3H3. The molecule has 2 unspecified atom stereocenters. The lowest BCUT2D eigenvalue weighted by atomic mass is 9.66. The van der Waals surface area contributed by atoms with E-state index in [0.29, 0.717) is 5.54 Å². The molecule has 0 bridgehead atoms. The summed E-state index contributed by atoms with van der Waals surface area (Å²) < 4.78 is 0. The molecule has 2 fully saturated rings. The third-order valence-electron chi connectivity index (χ3n) is 6.15. The zero-order valence-electron chi connectivity index (χ0n) is 14.0. The molecule has 0 saturated heterocycles. The first kappa shape index (κ1) is 16.3. The first-order chi connectivity index (χ1) is 9.65. The van der Waals surface area contributed by atoms with Gasteiger partial charge in [0.25, 0.3) is 0 Å². The van der Waals surface area contributed by atoms with E-state index in [9.17, 15) is 0 Å². The molecule has 0 amide bonds. The van der Waals surface area contributed by atoms with Gasteiger partial charge in [0.15, 0.2) is 0 Å². The van der Waals surface area contributed by atoms with Gasteiger partial charge in [-0.15, -0.1) is 0 Å². The van der Waals surface area contributed by atoms with Crippen molar-refractivity contribution < 1.29 is 0 Å². The number of nitrogens with two attached hydrogens (primary N) is 1. The Morgan fingerprint density at radius 2 is 1.70 bits per heavy atom. The fraction of sp³-hybridized carbons (Fsp3) is 1.00. The molecule has 2 saturated carbocycles. The molecule has 0 spiro atoms. The van der Waals surface area contributed by atoms with E-state index in [-0.39, 0.29) is 0 Å². The fourth-order valence-corrected chi connectivity index (χ4v) is 5.26. The summed E-state index contributed by atoms with van der Waals surface area (Å²) in [6.07, 6.45) is 12.6. The van der Waals surface area contributed by atoms with Crippen molar-refractivity contribution in [1.82, 2.24) is 4.90 Å². The third-order valence-corrected chi connectivity index (χ3v) is 6.15. The summed E-state index contributed by atoms with van der Waals surface area (Å²) in [6, 6.07) is 0.802. The third kappa shape index (κ3) is 3.06. The number of rotatable bonds is 5. The second kappa shape index (κ2) is 7.26. The van der Waals surface area contributed by atoms with Gasteiger partial charge in [-0.1, -0.05) is 52.9 Å². The Kier molecular flexibility index (Phi) is 5.92. The van der Waals surface area contributed by atoms with Crippen LogP contribution in [0.3, 0.4) is 0 Å². The first-order valence-electron chi connectivity index (χ1n) is 9.12. The van der Waals surface area contributed by atoms with Crippen molar-refractivity contribution in [3.63, 3.8) is 0 Å². The summed E-state index contributed by atoms with van der Waals surface area (Å²) in [4.78, 5) is 2.86. The minimum Gasteiger partial charge on any atom is -0.329 e. The Hall–Kier alpha value is -0.0800. The van der Waals surface area contributed by atoms with Crippen molar-refractivity contribution in [2.45, 2.75) is 90.1 Å². The lowest BCUT2D eigenvalue weighted by Gasteiger charge is -2.55. The van der Waals surface area contributed by atoms with Crippen LogP contribution < -0.4 is 5.73 Å².